The van der Waals surface area contributed by atoms with E-state index in [4.69, 9.17) is 11.6 Å². The van der Waals surface area contributed by atoms with Gasteiger partial charge in [0.25, 0.3) is 0 Å². The molecule has 1 aliphatic heterocycles. The van der Waals surface area contributed by atoms with E-state index in [-0.39, 0.29) is 0 Å². The van der Waals surface area contributed by atoms with Gasteiger partial charge in [0.1, 0.15) is 0 Å². The molecule has 1 aromatic heterocycles. The highest BCUT2D eigenvalue weighted by Crippen LogP contribution is 2.15. The van der Waals surface area contributed by atoms with Crippen LogP contribution in [0.1, 0.15) is 20.3 Å². The lowest BCUT2D eigenvalue weighted by Crippen LogP contribution is -2.35. The Labute approximate surface area is 108 Å². The molecule has 5 heteroatoms. The first-order chi connectivity index (χ1) is 8.16. The van der Waals surface area contributed by atoms with Gasteiger partial charge >= 0.3 is 0 Å². The Morgan fingerprint density at radius 3 is 2.59 bits per heavy atom. The van der Waals surface area contributed by atoms with Crippen LogP contribution in [0.4, 0.5) is 5.82 Å². The van der Waals surface area contributed by atoms with E-state index in [0.29, 0.717) is 11.2 Å². The number of nitrogens with zero attached hydrogens (tertiary/aromatic N) is 4. The molecule has 1 fully saturated rings. The van der Waals surface area contributed by atoms with Crippen LogP contribution in [0.15, 0.2) is 12.1 Å². The van der Waals surface area contributed by atoms with Crippen molar-refractivity contribution in [3.8, 4) is 0 Å². The maximum absolute atomic E-state index is 5.75. The fraction of sp³-hybridized carbons (Fsp3) is 0.667. The minimum atomic E-state index is 0.451. The molecule has 2 heterocycles. The van der Waals surface area contributed by atoms with Crippen LogP contribution >= 0.6 is 11.6 Å². The summed E-state index contributed by atoms with van der Waals surface area (Å²) in [5, 5.41) is 8.49. The van der Waals surface area contributed by atoms with Gasteiger partial charge in [-0.15, -0.1) is 10.2 Å². The molecule has 0 aromatic carbocycles. The van der Waals surface area contributed by atoms with E-state index >= 15 is 0 Å². The molecule has 1 aromatic rings. The molecule has 0 amide bonds. The summed E-state index contributed by atoms with van der Waals surface area (Å²) in [7, 11) is 0. The predicted molar refractivity (Wildman–Crippen MR) is 70.6 cm³/mol. The largest absolute Gasteiger partial charge is 0.354 e. The van der Waals surface area contributed by atoms with Gasteiger partial charge in [0.05, 0.1) is 0 Å². The molecule has 0 N–H and O–H groups in total. The van der Waals surface area contributed by atoms with Gasteiger partial charge in [-0.25, -0.2) is 0 Å². The molecule has 1 saturated heterocycles. The van der Waals surface area contributed by atoms with Crippen LogP contribution in [0, 0.1) is 0 Å². The molecule has 0 unspecified atom stereocenters. The summed E-state index contributed by atoms with van der Waals surface area (Å²) >= 11 is 5.75. The van der Waals surface area contributed by atoms with Crippen molar-refractivity contribution in [2.45, 2.75) is 26.3 Å². The molecule has 0 bridgehead atoms. The van der Waals surface area contributed by atoms with E-state index in [1.54, 1.807) is 6.07 Å². The Morgan fingerprint density at radius 2 is 1.94 bits per heavy atom. The summed E-state index contributed by atoms with van der Waals surface area (Å²) in [6, 6.07) is 4.36. The van der Waals surface area contributed by atoms with Crippen LogP contribution in [-0.4, -0.2) is 47.3 Å². The Hall–Kier alpha value is -0.870. The summed E-state index contributed by atoms with van der Waals surface area (Å²) in [6.45, 7) is 8.79. The normalized spacial score (nSPS) is 18.5. The van der Waals surface area contributed by atoms with Crippen LogP contribution in [-0.2, 0) is 0 Å². The zero-order valence-electron chi connectivity index (χ0n) is 10.4. The van der Waals surface area contributed by atoms with E-state index in [1.165, 1.54) is 6.42 Å². The Balaban J connectivity index is 2.01. The van der Waals surface area contributed by atoms with Crippen LogP contribution in [0.5, 0.6) is 0 Å². The first-order valence-electron chi connectivity index (χ1n) is 6.15. The highest BCUT2D eigenvalue weighted by molar-refractivity contribution is 6.29. The summed E-state index contributed by atoms with van der Waals surface area (Å²) in [5.74, 6) is 0.931. The van der Waals surface area contributed by atoms with Gasteiger partial charge in [0.15, 0.2) is 11.0 Å². The van der Waals surface area contributed by atoms with Gasteiger partial charge in [0.2, 0.25) is 0 Å². The minimum Gasteiger partial charge on any atom is -0.354 e. The van der Waals surface area contributed by atoms with Crippen molar-refractivity contribution in [1.29, 1.82) is 0 Å². The third kappa shape index (κ3) is 3.30. The lowest BCUT2D eigenvalue weighted by molar-refractivity contribution is 0.238. The SMILES string of the molecule is CC(C)N1CCCN(c2ccc(Cl)nn2)CC1. The molecule has 0 saturated carbocycles. The lowest BCUT2D eigenvalue weighted by atomic mass is 10.3. The first kappa shape index (κ1) is 12.6. The van der Waals surface area contributed by atoms with Crippen LogP contribution in [0.3, 0.4) is 0 Å². The molecular weight excluding hydrogens is 236 g/mol. The molecule has 1 aliphatic rings. The first-order valence-corrected chi connectivity index (χ1v) is 6.53. The van der Waals surface area contributed by atoms with Crippen molar-refractivity contribution in [3.05, 3.63) is 17.3 Å². The molecule has 2 rings (SSSR count). The number of anilines is 1. The highest BCUT2D eigenvalue weighted by Gasteiger charge is 2.17. The number of hydrogen-bond donors (Lipinski definition) is 0. The summed E-state index contributed by atoms with van der Waals surface area (Å²) in [4.78, 5) is 4.79. The summed E-state index contributed by atoms with van der Waals surface area (Å²) in [6.07, 6.45) is 1.17. The number of hydrogen-bond acceptors (Lipinski definition) is 4. The quantitative estimate of drug-likeness (QED) is 0.809. The molecule has 4 nitrogen and oxygen atoms in total. The lowest BCUT2D eigenvalue weighted by Gasteiger charge is -2.25. The standard InChI is InChI=1S/C12H19ClN4/c1-10(2)16-6-3-7-17(9-8-16)12-5-4-11(13)14-15-12/h4-5,10H,3,6-9H2,1-2H3. The van der Waals surface area contributed by atoms with Crippen molar-refractivity contribution in [1.82, 2.24) is 15.1 Å². The third-order valence-corrected chi connectivity index (χ3v) is 3.40. The van der Waals surface area contributed by atoms with E-state index in [9.17, 15) is 0 Å². The maximum Gasteiger partial charge on any atom is 0.151 e. The summed E-state index contributed by atoms with van der Waals surface area (Å²) in [5.41, 5.74) is 0. The van der Waals surface area contributed by atoms with E-state index in [2.05, 4.69) is 33.8 Å². The zero-order chi connectivity index (χ0) is 12.3. The van der Waals surface area contributed by atoms with Gasteiger partial charge in [-0.2, -0.15) is 0 Å². The maximum atomic E-state index is 5.75. The number of halogens is 1. The van der Waals surface area contributed by atoms with Gasteiger partial charge in [-0.1, -0.05) is 11.6 Å². The smallest absolute Gasteiger partial charge is 0.151 e. The molecule has 0 atom stereocenters. The number of rotatable bonds is 2. The number of aromatic nitrogens is 2. The second-order valence-corrected chi connectivity index (χ2v) is 5.07. The fourth-order valence-corrected chi connectivity index (χ4v) is 2.26. The topological polar surface area (TPSA) is 32.3 Å². The minimum absolute atomic E-state index is 0.451. The van der Waals surface area contributed by atoms with Crippen molar-refractivity contribution in [3.63, 3.8) is 0 Å². The Morgan fingerprint density at radius 1 is 1.12 bits per heavy atom. The Bertz CT molecular complexity index is 352. The predicted octanol–water partition coefficient (Wildman–Crippen LogP) is 2.05. The van der Waals surface area contributed by atoms with Crippen molar-refractivity contribution >= 4 is 17.4 Å². The van der Waals surface area contributed by atoms with Crippen LogP contribution in [0.2, 0.25) is 5.15 Å². The van der Waals surface area contributed by atoms with Gasteiger partial charge in [-0.05, 0) is 32.4 Å². The molecule has 17 heavy (non-hydrogen) atoms. The van der Waals surface area contributed by atoms with Crippen molar-refractivity contribution in [2.75, 3.05) is 31.1 Å². The molecule has 94 valence electrons. The van der Waals surface area contributed by atoms with Crippen LogP contribution in [0.25, 0.3) is 0 Å². The zero-order valence-corrected chi connectivity index (χ0v) is 11.2. The second-order valence-electron chi connectivity index (χ2n) is 4.68. The van der Waals surface area contributed by atoms with Gasteiger partial charge < -0.3 is 4.90 Å². The fourth-order valence-electron chi connectivity index (χ4n) is 2.16. The van der Waals surface area contributed by atoms with Gasteiger partial charge in [-0.3, -0.25) is 4.90 Å². The Kier molecular flexibility index (Phi) is 4.18. The molecule has 0 radical (unpaired) electrons. The molecule has 0 aliphatic carbocycles. The monoisotopic (exact) mass is 254 g/mol. The summed E-state index contributed by atoms with van der Waals surface area (Å²) < 4.78 is 0. The van der Waals surface area contributed by atoms with E-state index in [0.717, 1.165) is 32.0 Å². The van der Waals surface area contributed by atoms with E-state index < -0.39 is 0 Å². The van der Waals surface area contributed by atoms with Gasteiger partial charge in [0, 0.05) is 32.2 Å². The van der Waals surface area contributed by atoms with Crippen LogP contribution < -0.4 is 4.90 Å². The molecule has 0 spiro atoms. The van der Waals surface area contributed by atoms with Crippen molar-refractivity contribution in [2.24, 2.45) is 0 Å². The third-order valence-electron chi connectivity index (χ3n) is 3.20. The average molecular weight is 255 g/mol. The average Bonchev–Trinajstić information content (AvgIpc) is 2.55. The second kappa shape index (κ2) is 5.65. The molecular formula is C12H19ClN4. The highest BCUT2D eigenvalue weighted by atomic mass is 35.5. The van der Waals surface area contributed by atoms with E-state index in [1.807, 2.05) is 6.07 Å². The van der Waals surface area contributed by atoms with Crippen molar-refractivity contribution < 1.29 is 0 Å².